The van der Waals surface area contributed by atoms with Crippen molar-refractivity contribution in [3.05, 3.63) is 35.0 Å². The van der Waals surface area contributed by atoms with E-state index in [-0.39, 0.29) is 0 Å². The molecule has 0 aliphatic heterocycles. The molecule has 4 nitrogen and oxygen atoms in total. The first kappa shape index (κ1) is 12.2. The topological polar surface area (TPSA) is 55.1 Å². The van der Waals surface area contributed by atoms with E-state index in [4.69, 9.17) is 5.11 Å². The third-order valence-electron chi connectivity index (χ3n) is 2.17. The van der Waals surface area contributed by atoms with Crippen molar-refractivity contribution < 1.29 is 9.90 Å². The molecule has 0 amide bonds. The van der Waals surface area contributed by atoms with Crippen LogP contribution in [0, 0.1) is 0 Å². The highest BCUT2D eigenvalue weighted by atomic mass is 32.2. The first-order valence-corrected chi connectivity index (χ1v) is 7.02. The monoisotopic (exact) mass is 268 g/mol. The molecule has 0 saturated heterocycles. The number of carbonyl (C=O) groups is 1. The molecule has 0 atom stereocenters. The molecule has 2 rings (SSSR count). The fourth-order valence-corrected chi connectivity index (χ4v) is 3.17. The lowest BCUT2D eigenvalue weighted by Gasteiger charge is -2.00. The predicted octanol–water partition coefficient (Wildman–Crippen LogP) is 2.83. The summed E-state index contributed by atoms with van der Waals surface area (Å²) >= 11 is 2.97. The number of rotatable bonds is 6. The van der Waals surface area contributed by atoms with Crippen molar-refractivity contribution in [1.82, 2.24) is 9.55 Å². The summed E-state index contributed by atoms with van der Waals surface area (Å²) in [6, 6.07) is 1.73. The molecule has 1 N–H and O–H groups in total. The van der Waals surface area contributed by atoms with Gasteiger partial charge in [-0.15, -0.1) is 23.1 Å². The van der Waals surface area contributed by atoms with Crippen LogP contribution in [0.3, 0.4) is 0 Å². The molecule has 0 saturated carbocycles. The van der Waals surface area contributed by atoms with Crippen LogP contribution >= 0.6 is 23.1 Å². The van der Waals surface area contributed by atoms with Gasteiger partial charge in [-0.3, -0.25) is 0 Å². The summed E-state index contributed by atoms with van der Waals surface area (Å²) in [6.45, 7) is 0.947. The quantitative estimate of drug-likeness (QED) is 0.646. The van der Waals surface area contributed by atoms with Crippen molar-refractivity contribution >= 4 is 29.1 Å². The number of aromatic nitrogens is 2. The van der Waals surface area contributed by atoms with Crippen LogP contribution in [0.15, 0.2) is 35.1 Å². The zero-order chi connectivity index (χ0) is 12.1. The molecule has 0 unspecified atom stereocenters. The van der Waals surface area contributed by atoms with E-state index in [1.54, 1.807) is 30.4 Å². The summed E-state index contributed by atoms with van der Waals surface area (Å²) in [7, 11) is 0. The number of carboxylic acid groups (broad SMARTS) is 1. The van der Waals surface area contributed by atoms with E-state index in [1.165, 1.54) is 11.3 Å². The standard InChI is InChI=1S/C11H12N2O2S2/c14-11(15)10-6-9(7-17-10)16-5-1-3-13-4-2-12-8-13/h2,4,6-8H,1,3,5H2,(H,14,15). The first-order chi connectivity index (χ1) is 8.25. The van der Waals surface area contributed by atoms with Gasteiger partial charge >= 0.3 is 5.97 Å². The van der Waals surface area contributed by atoms with Crippen molar-refractivity contribution in [1.29, 1.82) is 0 Å². The molecule has 2 aromatic heterocycles. The molecule has 2 aromatic rings. The Hall–Kier alpha value is -1.27. The molecule has 6 heteroatoms. The Labute approximate surface area is 107 Å². The third kappa shape index (κ3) is 3.61. The van der Waals surface area contributed by atoms with Gasteiger partial charge in [-0.1, -0.05) is 0 Å². The van der Waals surface area contributed by atoms with Crippen molar-refractivity contribution in [3.8, 4) is 0 Å². The average molecular weight is 268 g/mol. The Morgan fingerprint density at radius 2 is 2.47 bits per heavy atom. The van der Waals surface area contributed by atoms with Crippen LogP contribution in [-0.4, -0.2) is 26.4 Å². The minimum Gasteiger partial charge on any atom is -0.477 e. The first-order valence-electron chi connectivity index (χ1n) is 5.16. The van der Waals surface area contributed by atoms with E-state index < -0.39 is 5.97 Å². The number of nitrogens with zero attached hydrogens (tertiary/aromatic N) is 2. The number of thiophene rings is 1. The summed E-state index contributed by atoms with van der Waals surface area (Å²) in [5, 5.41) is 10.7. The third-order valence-corrected chi connectivity index (χ3v) is 4.30. The second-order valence-electron chi connectivity index (χ2n) is 3.45. The van der Waals surface area contributed by atoms with Gasteiger partial charge in [0.2, 0.25) is 0 Å². The maximum Gasteiger partial charge on any atom is 0.345 e. The van der Waals surface area contributed by atoms with Gasteiger partial charge in [0.25, 0.3) is 0 Å². The van der Waals surface area contributed by atoms with E-state index in [1.807, 2.05) is 16.1 Å². The van der Waals surface area contributed by atoms with Crippen LogP contribution in [0.25, 0.3) is 0 Å². The molecule has 2 heterocycles. The minimum absolute atomic E-state index is 0.405. The minimum atomic E-state index is -0.847. The number of thioether (sulfide) groups is 1. The van der Waals surface area contributed by atoms with E-state index >= 15 is 0 Å². The van der Waals surface area contributed by atoms with Crippen molar-refractivity contribution in [2.75, 3.05) is 5.75 Å². The average Bonchev–Trinajstić information content (AvgIpc) is 2.96. The molecule has 0 aromatic carbocycles. The highest BCUT2D eigenvalue weighted by molar-refractivity contribution is 7.99. The summed E-state index contributed by atoms with van der Waals surface area (Å²) in [5.41, 5.74) is 0. The van der Waals surface area contributed by atoms with Crippen LogP contribution in [0.1, 0.15) is 16.1 Å². The fourth-order valence-electron chi connectivity index (χ4n) is 1.36. The molecule has 0 fully saturated rings. The predicted molar refractivity (Wildman–Crippen MR) is 68.8 cm³/mol. The molecule has 0 spiro atoms. The smallest absolute Gasteiger partial charge is 0.345 e. The normalized spacial score (nSPS) is 10.6. The van der Waals surface area contributed by atoms with Gasteiger partial charge in [0, 0.05) is 29.2 Å². The fraction of sp³-hybridized carbons (Fsp3) is 0.273. The SMILES string of the molecule is O=C(O)c1cc(SCCCn2ccnc2)cs1. The Morgan fingerprint density at radius 3 is 3.12 bits per heavy atom. The van der Waals surface area contributed by atoms with Crippen LogP contribution in [0.2, 0.25) is 0 Å². The largest absolute Gasteiger partial charge is 0.477 e. The Morgan fingerprint density at radius 1 is 1.59 bits per heavy atom. The number of aryl methyl sites for hydroxylation is 1. The molecule has 0 radical (unpaired) electrons. The van der Waals surface area contributed by atoms with Gasteiger partial charge in [0.15, 0.2) is 0 Å². The summed E-state index contributed by atoms with van der Waals surface area (Å²) in [4.78, 5) is 16.1. The lowest BCUT2D eigenvalue weighted by atomic mass is 10.5. The zero-order valence-corrected chi connectivity index (χ0v) is 10.7. The number of aromatic carboxylic acids is 1. The van der Waals surface area contributed by atoms with Crippen LogP contribution < -0.4 is 0 Å². The molecular weight excluding hydrogens is 256 g/mol. The second kappa shape index (κ2) is 5.88. The molecule has 17 heavy (non-hydrogen) atoms. The maximum atomic E-state index is 10.7. The van der Waals surface area contributed by atoms with Crippen molar-refractivity contribution in [2.24, 2.45) is 0 Å². The van der Waals surface area contributed by atoms with Gasteiger partial charge in [0.05, 0.1) is 6.33 Å². The number of hydrogen-bond donors (Lipinski definition) is 1. The summed E-state index contributed by atoms with van der Waals surface area (Å²) in [6.07, 6.45) is 6.56. The van der Waals surface area contributed by atoms with Crippen LogP contribution in [0.5, 0.6) is 0 Å². The lowest BCUT2D eigenvalue weighted by Crippen LogP contribution is -1.95. The van der Waals surface area contributed by atoms with Gasteiger partial charge < -0.3 is 9.67 Å². The molecule has 90 valence electrons. The summed E-state index contributed by atoms with van der Waals surface area (Å²) < 4.78 is 2.04. The zero-order valence-electron chi connectivity index (χ0n) is 9.07. The molecule has 0 aliphatic carbocycles. The maximum absolute atomic E-state index is 10.7. The van der Waals surface area contributed by atoms with E-state index in [0.717, 1.165) is 23.6 Å². The molecular formula is C11H12N2O2S2. The Kier molecular flexibility index (Phi) is 4.22. The van der Waals surface area contributed by atoms with Gasteiger partial charge in [0.1, 0.15) is 4.88 Å². The van der Waals surface area contributed by atoms with E-state index in [2.05, 4.69) is 4.98 Å². The van der Waals surface area contributed by atoms with Crippen LogP contribution in [0.4, 0.5) is 0 Å². The Bertz CT molecular complexity index is 479. The second-order valence-corrected chi connectivity index (χ2v) is 5.53. The van der Waals surface area contributed by atoms with Crippen molar-refractivity contribution in [3.63, 3.8) is 0 Å². The molecule has 0 bridgehead atoms. The van der Waals surface area contributed by atoms with Crippen LogP contribution in [-0.2, 0) is 6.54 Å². The molecule has 0 aliphatic rings. The lowest BCUT2D eigenvalue weighted by molar-refractivity contribution is 0.0702. The van der Waals surface area contributed by atoms with E-state index in [0.29, 0.717) is 4.88 Å². The van der Waals surface area contributed by atoms with Gasteiger partial charge in [-0.25, -0.2) is 9.78 Å². The number of hydrogen-bond acceptors (Lipinski definition) is 4. The number of imidazole rings is 1. The Balaban J connectivity index is 1.72. The van der Waals surface area contributed by atoms with E-state index in [9.17, 15) is 4.79 Å². The highest BCUT2D eigenvalue weighted by Gasteiger charge is 2.06. The van der Waals surface area contributed by atoms with Gasteiger partial charge in [-0.05, 0) is 18.2 Å². The van der Waals surface area contributed by atoms with Crippen molar-refractivity contribution in [2.45, 2.75) is 17.9 Å². The summed E-state index contributed by atoms with van der Waals surface area (Å²) in [5.74, 6) is 0.133. The number of carboxylic acids is 1. The highest BCUT2D eigenvalue weighted by Crippen LogP contribution is 2.25. The van der Waals surface area contributed by atoms with Gasteiger partial charge in [-0.2, -0.15) is 0 Å².